The Kier molecular flexibility index (Phi) is 3.42. The highest BCUT2D eigenvalue weighted by Crippen LogP contribution is 2.38. The van der Waals surface area contributed by atoms with E-state index in [1.54, 1.807) is 0 Å². The van der Waals surface area contributed by atoms with E-state index in [0.29, 0.717) is 0 Å². The Hall–Kier alpha value is -0.820. The first-order chi connectivity index (χ1) is 7.37. The number of ether oxygens (including phenoxy) is 1. The summed E-state index contributed by atoms with van der Waals surface area (Å²) in [4.78, 5) is 0. The smallest absolute Gasteiger partial charge is 0.0931 e. The first-order valence-corrected chi connectivity index (χ1v) is 6.07. The van der Waals surface area contributed by atoms with Crippen LogP contribution in [0.5, 0.6) is 0 Å². The predicted octanol–water partition coefficient (Wildman–Crippen LogP) is 3.88. The molecule has 1 heterocycles. The van der Waals surface area contributed by atoms with Crippen LogP contribution in [0.15, 0.2) is 30.3 Å². The molecule has 2 rings (SSSR count). The van der Waals surface area contributed by atoms with Gasteiger partial charge in [-0.1, -0.05) is 43.7 Å². The summed E-state index contributed by atoms with van der Waals surface area (Å²) in [5.74, 6) is 0. The third-order valence-electron chi connectivity index (χ3n) is 3.31. The Bertz CT molecular complexity index is 280. The van der Waals surface area contributed by atoms with Crippen molar-refractivity contribution in [2.45, 2.75) is 44.6 Å². The Morgan fingerprint density at radius 2 is 2.00 bits per heavy atom. The lowest BCUT2D eigenvalue weighted by molar-refractivity contribution is -0.0898. The Balaban J connectivity index is 2.25. The Labute approximate surface area is 92.5 Å². The van der Waals surface area contributed by atoms with Crippen molar-refractivity contribution in [2.24, 2.45) is 0 Å². The summed E-state index contributed by atoms with van der Waals surface area (Å²) in [6.45, 7) is 3.16. The van der Waals surface area contributed by atoms with Gasteiger partial charge in [0.05, 0.1) is 5.60 Å². The van der Waals surface area contributed by atoms with Gasteiger partial charge in [-0.05, 0) is 31.2 Å². The molecule has 1 nitrogen and oxygen atoms in total. The lowest BCUT2D eigenvalue weighted by atomic mass is 9.83. The van der Waals surface area contributed by atoms with Gasteiger partial charge >= 0.3 is 0 Å². The summed E-state index contributed by atoms with van der Waals surface area (Å²) in [5, 5.41) is 0. The van der Waals surface area contributed by atoms with Crippen LogP contribution in [-0.4, -0.2) is 6.61 Å². The zero-order valence-electron chi connectivity index (χ0n) is 9.54. The molecule has 0 aliphatic carbocycles. The van der Waals surface area contributed by atoms with E-state index < -0.39 is 0 Å². The normalized spacial score (nSPS) is 26.5. The topological polar surface area (TPSA) is 9.23 Å². The third kappa shape index (κ3) is 2.23. The molecule has 0 aromatic heterocycles. The van der Waals surface area contributed by atoms with Gasteiger partial charge in [0.2, 0.25) is 0 Å². The third-order valence-corrected chi connectivity index (χ3v) is 3.31. The van der Waals surface area contributed by atoms with E-state index in [9.17, 15) is 0 Å². The van der Waals surface area contributed by atoms with Gasteiger partial charge in [-0.15, -0.1) is 0 Å². The van der Waals surface area contributed by atoms with Gasteiger partial charge in [0.15, 0.2) is 0 Å². The minimum Gasteiger partial charge on any atom is -0.370 e. The zero-order valence-corrected chi connectivity index (χ0v) is 9.54. The summed E-state index contributed by atoms with van der Waals surface area (Å²) in [7, 11) is 0. The lowest BCUT2D eigenvalue weighted by Crippen LogP contribution is -2.33. The molecule has 1 aromatic rings. The molecular formula is C14H20O. The molecule has 82 valence electrons. The molecule has 0 spiro atoms. The van der Waals surface area contributed by atoms with Crippen molar-refractivity contribution >= 4 is 0 Å². The molecule has 1 heteroatoms. The molecule has 0 amide bonds. The second-order valence-electron chi connectivity index (χ2n) is 4.42. The SMILES string of the molecule is CCCC1(c2ccccc2)CCCCO1. The maximum Gasteiger partial charge on any atom is 0.0931 e. The molecule has 0 bridgehead atoms. The first kappa shape index (κ1) is 10.7. The maximum atomic E-state index is 6.09. The van der Waals surface area contributed by atoms with Gasteiger partial charge in [0.25, 0.3) is 0 Å². The molecule has 1 atom stereocenters. The average Bonchev–Trinajstić information content (AvgIpc) is 2.32. The molecule has 1 aromatic carbocycles. The zero-order chi connectivity index (χ0) is 10.6. The summed E-state index contributed by atoms with van der Waals surface area (Å²) >= 11 is 0. The summed E-state index contributed by atoms with van der Waals surface area (Å²) in [5.41, 5.74) is 1.39. The monoisotopic (exact) mass is 204 g/mol. The second-order valence-corrected chi connectivity index (χ2v) is 4.42. The van der Waals surface area contributed by atoms with Crippen LogP contribution >= 0.6 is 0 Å². The molecule has 1 aliphatic rings. The van der Waals surface area contributed by atoms with Gasteiger partial charge in [-0.25, -0.2) is 0 Å². The van der Waals surface area contributed by atoms with Crippen molar-refractivity contribution in [3.8, 4) is 0 Å². The van der Waals surface area contributed by atoms with Crippen LogP contribution in [0.1, 0.15) is 44.6 Å². The summed E-state index contributed by atoms with van der Waals surface area (Å²) < 4.78 is 6.09. The molecule has 1 saturated heterocycles. The molecule has 1 unspecified atom stereocenters. The van der Waals surface area contributed by atoms with Crippen LogP contribution in [0.2, 0.25) is 0 Å². The Morgan fingerprint density at radius 3 is 2.60 bits per heavy atom. The van der Waals surface area contributed by atoms with Crippen molar-refractivity contribution in [3.63, 3.8) is 0 Å². The van der Waals surface area contributed by atoms with Crippen LogP contribution in [0, 0.1) is 0 Å². The fourth-order valence-electron chi connectivity index (χ4n) is 2.57. The lowest BCUT2D eigenvalue weighted by Gasteiger charge is -2.38. The fourth-order valence-corrected chi connectivity index (χ4v) is 2.57. The second kappa shape index (κ2) is 4.80. The minimum absolute atomic E-state index is 0.0221. The van der Waals surface area contributed by atoms with Gasteiger partial charge in [0, 0.05) is 6.61 Å². The van der Waals surface area contributed by atoms with Gasteiger partial charge in [-0.2, -0.15) is 0 Å². The van der Waals surface area contributed by atoms with Gasteiger partial charge in [0.1, 0.15) is 0 Å². The highest BCUT2D eigenvalue weighted by atomic mass is 16.5. The van der Waals surface area contributed by atoms with E-state index in [1.807, 2.05) is 0 Å². The maximum absolute atomic E-state index is 6.09. The van der Waals surface area contributed by atoms with E-state index in [0.717, 1.165) is 13.0 Å². The van der Waals surface area contributed by atoms with Gasteiger partial charge in [-0.3, -0.25) is 0 Å². The molecule has 0 radical (unpaired) electrons. The number of rotatable bonds is 3. The molecule has 0 saturated carbocycles. The van der Waals surface area contributed by atoms with Crippen molar-refractivity contribution in [3.05, 3.63) is 35.9 Å². The number of benzene rings is 1. The fraction of sp³-hybridized carbons (Fsp3) is 0.571. The van der Waals surface area contributed by atoms with Crippen LogP contribution in [0.25, 0.3) is 0 Å². The highest BCUT2D eigenvalue weighted by Gasteiger charge is 2.33. The van der Waals surface area contributed by atoms with Crippen molar-refractivity contribution in [2.75, 3.05) is 6.61 Å². The van der Waals surface area contributed by atoms with E-state index in [2.05, 4.69) is 37.3 Å². The largest absolute Gasteiger partial charge is 0.370 e. The molecule has 1 fully saturated rings. The van der Waals surface area contributed by atoms with E-state index in [1.165, 1.54) is 31.2 Å². The number of hydrogen-bond acceptors (Lipinski definition) is 1. The standard InChI is InChI=1S/C14H20O/c1-2-10-14(11-6-7-12-15-14)13-8-4-3-5-9-13/h3-5,8-9H,2,6-7,10-12H2,1H3. The summed E-state index contributed by atoms with van der Waals surface area (Å²) in [6, 6.07) is 10.7. The first-order valence-electron chi connectivity index (χ1n) is 6.07. The number of hydrogen-bond donors (Lipinski definition) is 0. The molecule has 15 heavy (non-hydrogen) atoms. The Morgan fingerprint density at radius 1 is 1.20 bits per heavy atom. The quantitative estimate of drug-likeness (QED) is 0.726. The van der Waals surface area contributed by atoms with Gasteiger partial charge < -0.3 is 4.74 Å². The van der Waals surface area contributed by atoms with Crippen molar-refractivity contribution < 1.29 is 4.74 Å². The minimum atomic E-state index is 0.0221. The average molecular weight is 204 g/mol. The highest BCUT2D eigenvalue weighted by molar-refractivity contribution is 5.23. The molecule has 1 aliphatic heterocycles. The van der Waals surface area contributed by atoms with Crippen LogP contribution in [0.3, 0.4) is 0 Å². The van der Waals surface area contributed by atoms with E-state index in [4.69, 9.17) is 4.74 Å². The van der Waals surface area contributed by atoms with E-state index >= 15 is 0 Å². The predicted molar refractivity (Wildman–Crippen MR) is 62.8 cm³/mol. The summed E-state index contributed by atoms with van der Waals surface area (Å²) in [6.07, 6.45) is 6.05. The van der Waals surface area contributed by atoms with Crippen LogP contribution in [0.4, 0.5) is 0 Å². The van der Waals surface area contributed by atoms with Crippen LogP contribution < -0.4 is 0 Å². The molecular weight excluding hydrogens is 184 g/mol. The molecule has 0 N–H and O–H groups in total. The van der Waals surface area contributed by atoms with Crippen molar-refractivity contribution in [1.29, 1.82) is 0 Å². The van der Waals surface area contributed by atoms with Crippen LogP contribution in [-0.2, 0) is 10.3 Å². The van der Waals surface area contributed by atoms with Crippen molar-refractivity contribution in [1.82, 2.24) is 0 Å². The van der Waals surface area contributed by atoms with E-state index in [-0.39, 0.29) is 5.60 Å².